The van der Waals surface area contributed by atoms with E-state index in [4.69, 9.17) is 5.11 Å². The lowest BCUT2D eigenvalue weighted by molar-refractivity contribution is -0.510. The molecule has 0 aromatic heterocycles. The molecule has 1 N–H and O–H groups in total. The molecule has 0 fully saturated rings. The van der Waals surface area contributed by atoms with Gasteiger partial charge in [0.25, 0.3) is 0 Å². The summed E-state index contributed by atoms with van der Waals surface area (Å²) in [6.45, 7) is 2.18. The Kier molecular flexibility index (Phi) is 14.6. The number of aliphatic carboxylic acids is 1. The van der Waals surface area contributed by atoms with Crippen LogP contribution in [0.2, 0.25) is 0 Å². The van der Waals surface area contributed by atoms with Gasteiger partial charge in [0.2, 0.25) is 6.04 Å². The van der Waals surface area contributed by atoms with E-state index >= 15 is 0 Å². The van der Waals surface area contributed by atoms with E-state index in [0.29, 0.717) is 12.8 Å². The Morgan fingerprint density at radius 2 is 1.65 bits per heavy atom. The number of carboxylic acid groups (broad SMARTS) is 1. The van der Waals surface area contributed by atoms with Crippen molar-refractivity contribution in [1.29, 1.82) is 0 Å². The maximum Gasteiger partial charge on any atom is 0.303 e. The second-order valence-corrected chi connectivity index (χ2v) is 6.18. The lowest BCUT2D eigenvalue weighted by atomic mass is 10.0. The molecule has 0 heterocycles. The number of nitro groups is 1. The summed E-state index contributed by atoms with van der Waals surface area (Å²) in [4.78, 5) is 21.2. The van der Waals surface area contributed by atoms with Crippen LogP contribution in [0.1, 0.15) is 90.4 Å². The first-order chi connectivity index (χ1) is 11.1. The number of carboxylic acids is 1. The fourth-order valence-corrected chi connectivity index (χ4v) is 2.55. The number of hydrogen-bond donors (Lipinski definition) is 1. The monoisotopic (exact) mass is 327 g/mol. The number of rotatable bonds is 16. The normalized spacial score (nSPS) is 12.6. The van der Waals surface area contributed by atoms with E-state index in [2.05, 4.69) is 6.92 Å². The summed E-state index contributed by atoms with van der Waals surface area (Å²) in [5, 5.41) is 19.6. The minimum absolute atomic E-state index is 0.185. The molecule has 0 aliphatic carbocycles. The number of nitrogens with zero attached hydrogens (tertiary/aromatic N) is 1. The smallest absolute Gasteiger partial charge is 0.303 e. The molecule has 0 aliphatic heterocycles. The highest BCUT2D eigenvalue weighted by Crippen LogP contribution is 2.12. The second kappa shape index (κ2) is 15.5. The lowest BCUT2D eigenvalue weighted by Gasteiger charge is -2.05. The number of hydrogen-bond acceptors (Lipinski definition) is 3. The number of unbranched alkanes of at least 4 members (excludes halogenated alkanes) is 9. The molecule has 0 spiro atoms. The predicted molar refractivity (Wildman–Crippen MR) is 93.3 cm³/mol. The average Bonchev–Trinajstić information content (AvgIpc) is 2.50. The van der Waals surface area contributed by atoms with E-state index in [0.717, 1.165) is 38.5 Å². The van der Waals surface area contributed by atoms with Crippen molar-refractivity contribution < 1.29 is 14.8 Å². The molecule has 0 aromatic rings. The van der Waals surface area contributed by atoms with Gasteiger partial charge < -0.3 is 5.11 Å². The first kappa shape index (κ1) is 21.6. The van der Waals surface area contributed by atoms with Crippen LogP contribution in [0.25, 0.3) is 0 Å². The Labute approximate surface area is 140 Å². The minimum atomic E-state index is -0.742. The van der Waals surface area contributed by atoms with Crippen molar-refractivity contribution in [2.75, 3.05) is 0 Å². The molecular weight excluding hydrogens is 294 g/mol. The van der Waals surface area contributed by atoms with Crippen molar-refractivity contribution in [3.63, 3.8) is 0 Å². The zero-order valence-electron chi connectivity index (χ0n) is 14.5. The van der Waals surface area contributed by atoms with Gasteiger partial charge in [0, 0.05) is 17.8 Å². The van der Waals surface area contributed by atoms with Crippen LogP contribution in [0.4, 0.5) is 0 Å². The van der Waals surface area contributed by atoms with Gasteiger partial charge in [-0.05, 0) is 31.8 Å². The van der Waals surface area contributed by atoms with Gasteiger partial charge in [-0.3, -0.25) is 14.9 Å². The van der Waals surface area contributed by atoms with Gasteiger partial charge in [0.15, 0.2) is 0 Å². The second-order valence-electron chi connectivity index (χ2n) is 6.18. The maximum absolute atomic E-state index is 11.0. The van der Waals surface area contributed by atoms with E-state index in [1.54, 1.807) is 6.08 Å². The van der Waals surface area contributed by atoms with Crippen LogP contribution in [0.3, 0.4) is 0 Å². The van der Waals surface area contributed by atoms with Crippen LogP contribution < -0.4 is 0 Å². The van der Waals surface area contributed by atoms with Crippen molar-refractivity contribution >= 4 is 5.97 Å². The van der Waals surface area contributed by atoms with Crippen LogP contribution >= 0.6 is 0 Å². The minimum Gasteiger partial charge on any atom is -0.481 e. The molecule has 1 atom stereocenters. The molecule has 0 rings (SSSR count). The van der Waals surface area contributed by atoms with Crippen LogP contribution in [0.15, 0.2) is 12.2 Å². The van der Waals surface area contributed by atoms with Gasteiger partial charge in [0.05, 0.1) is 0 Å². The largest absolute Gasteiger partial charge is 0.481 e. The molecule has 0 saturated heterocycles. The predicted octanol–water partition coefficient (Wildman–Crippen LogP) is 5.36. The molecule has 134 valence electrons. The molecule has 23 heavy (non-hydrogen) atoms. The molecule has 0 saturated carbocycles. The lowest BCUT2D eigenvalue weighted by Crippen LogP contribution is -2.16. The Bertz CT molecular complexity index is 342. The van der Waals surface area contributed by atoms with Crippen LogP contribution in [-0.4, -0.2) is 22.0 Å². The summed E-state index contributed by atoms with van der Waals surface area (Å²) in [6.07, 6.45) is 15.8. The number of carbonyl (C=O) groups is 1. The van der Waals surface area contributed by atoms with Crippen molar-refractivity contribution in [3.05, 3.63) is 22.3 Å². The summed E-state index contributed by atoms with van der Waals surface area (Å²) >= 11 is 0. The third-order valence-electron chi connectivity index (χ3n) is 3.99. The molecule has 0 aliphatic rings. The fraction of sp³-hybridized carbons (Fsp3) is 0.833. The molecular formula is C18H33NO4. The number of allylic oxidation sites excluding steroid dienone is 1. The Morgan fingerprint density at radius 1 is 1.04 bits per heavy atom. The maximum atomic E-state index is 11.0. The van der Waals surface area contributed by atoms with Gasteiger partial charge >= 0.3 is 5.97 Å². The summed E-state index contributed by atoms with van der Waals surface area (Å²) in [7, 11) is 0. The van der Waals surface area contributed by atoms with Crippen molar-refractivity contribution in [2.45, 2.75) is 96.4 Å². The van der Waals surface area contributed by atoms with E-state index in [1.807, 2.05) is 6.08 Å². The van der Waals surface area contributed by atoms with E-state index in [-0.39, 0.29) is 11.3 Å². The van der Waals surface area contributed by atoms with Gasteiger partial charge in [-0.1, -0.05) is 57.9 Å². The Hall–Kier alpha value is -1.39. The molecule has 5 nitrogen and oxygen atoms in total. The van der Waals surface area contributed by atoms with Crippen molar-refractivity contribution in [3.8, 4) is 0 Å². The Balaban J connectivity index is 3.69. The summed E-state index contributed by atoms with van der Waals surface area (Å²) in [5.41, 5.74) is 0. The highest BCUT2D eigenvalue weighted by atomic mass is 16.6. The van der Waals surface area contributed by atoms with Crippen molar-refractivity contribution in [1.82, 2.24) is 0 Å². The highest BCUT2D eigenvalue weighted by molar-refractivity contribution is 5.66. The zero-order valence-corrected chi connectivity index (χ0v) is 14.5. The third-order valence-corrected chi connectivity index (χ3v) is 3.99. The summed E-state index contributed by atoms with van der Waals surface area (Å²) in [5.74, 6) is -0.742. The molecule has 0 bridgehead atoms. The first-order valence-corrected chi connectivity index (χ1v) is 9.09. The van der Waals surface area contributed by atoms with Gasteiger partial charge in [-0.25, -0.2) is 0 Å². The third kappa shape index (κ3) is 15.3. The van der Waals surface area contributed by atoms with E-state index in [9.17, 15) is 14.9 Å². The van der Waals surface area contributed by atoms with Crippen LogP contribution in [0.5, 0.6) is 0 Å². The zero-order chi connectivity index (χ0) is 17.3. The standard InChI is InChI=1S/C18H33NO4/c1-2-3-4-5-8-11-14-17(19(22)23)15-12-9-6-7-10-13-16-18(20)21/h12,15,17H,2-11,13-14,16H2,1H3,(H,20,21)/b15-12-. The molecule has 0 radical (unpaired) electrons. The van der Waals surface area contributed by atoms with Gasteiger partial charge in [-0.15, -0.1) is 0 Å². The quantitative estimate of drug-likeness (QED) is 0.179. The molecule has 1 unspecified atom stereocenters. The summed E-state index contributed by atoms with van der Waals surface area (Å²) in [6, 6.07) is -0.548. The first-order valence-electron chi connectivity index (χ1n) is 9.09. The van der Waals surface area contributed by atoms with E-state index in [1.165, 1.54) is 25.7 Å². The van der Waals surface area contributed by atoms with Crippen LogP contribution in [-0.2, 0) is 4.79 Å². The molecule has 0 amide bonds. The van der Waals surface area contributed by atoms with E-state index < -0.39 is 12.0 Å². The van der Waals surface area contributed by atoms with Crippen molar-refractivity contribution in [2.24, 2.45) is 0 Å². The topological polar surface area (TPSA) is 80.4 Å². The van der Waals surface area contributed by atoms with Gasteiger partial charge in [-0.2, -0.15) is 0 Å². The highest BCUT2D eigenvalue weighted by Gasteiger charge is 2.14. The van der Waals surface area contributed by atoms with Gasteiger partial charge in [0.1, 0.15) is 0 Å². The SMILES string of the molecule is CCCCCCCCC(/C=C\CCCCCCC(=O)O)[N+](=O)[O-]. The fourth-order valence-electron chi connectivity index (χ4n) is 2.55. The Morgan fingerprint density at radius 3 is 2.30 bits per heavy atom. The van der Waals surface area contributed by atoms with Crippen LogP contribution in [0, 0.1) is 10.1 Å². The molecule has 0 aromatic carbocycles. The average molecular weight is 327 g/mol. The summed E-state index contributed by atoms with van der Waals surface area (Å²) < 4.78 is 0. The molecule has 5 heteroatoms.